The maximum Gasteiger partial charge on any atom is 0.281 e. The Balaban J connectivity index is 2.08. The molecule has 2 aliphatic rings. The predicted molar refractivity (Wildman–Crippen MR) is 82.3 cm³/mol. The first-order chi connectivity index (χ1) is 9.51. The summed E-state index contributed by atoms with van der Waals surface area (Å²) in [6, 6.07) is 0.0630. The van der Waals surface area contributed by atoms with Crippen LogP contribution in [0.4, 0.5) is 0 Å². The van der Waals surface area contributed by atoms with Crippen LogP contribution in [0.5, 0.6) is 0 Å². The van der Waals surface area contributed by atoms with E-state index in [0.29, 0.717) is 6.54 Å². The molecule has 1 atom stereocenters. The van der Waals surface area contributed by atoms with Gasteiger partial charge >= 0.3 is 0 Å². The van der Waals surface area contributed by atoms with Crippen molar-refractivity contribution in [3.05, 3.63) is 0 Å². The Morgan fingerprint density at radius 3 is 2.60 bits per heavy atom. The largest absolute Gasteiger partial charge is 0.379 e. The van der Waals surface area contributed by atoms with Gasteiger partial charge < -0.3 is 4.74 Å². The molecule has 2 heterocycles. The minimum absolute atomic E-state index is 0.0630. The fourth-order valence-electron chi connectivity index (χ4n) is 2.55. The highest BCUT2D eigenvalue weighted by molar-refractivity contribution is 7.99. The minimum atomic E-state index is -3.33. The zero-order valence-electron chi connectivity index (χ0n) is 12.3. The summed E-state index contributed by atoms with van der Waals surface area (Å²) < 4.78 is 33.4. The van der Waals surface area contributed by atoms with Crippen molar-refractivity contribution in [2.75, 3.05) is 65.0 Å². The van der Waals surface area contributed by atoms with Crippen molar-refractivity contribution in [1.82, 2.24) is 13.5 Å². The lowest BCUT2D eigenvalue weighted by Gasteiger charge is -2.35. The van der Waals surface area contributed by atoms with Crippen molar-refractivity contribution in [3.8, 4) is 0 Å². The highest BCUT2D eigenvalue weighted by Gasteiger charge is 2.34. The molecule has 2 saturated heterocycles. The highest BCUT2D eigenvalue weighted by Crippen LogP contribution is 2.21. The van der Waals surface area contributed by atoms with E-state index in [1.165, 1.54) is 4.31 Å². The van der Waals surface area contributed by atoms with E-state index in [0.717, 1.165) is 50.8 Å². The molecule has 0 amide bonds. The van der Waals surface area contributed by atoms with Crippen LogP contribution < -0.4 is 0 Å². The molecule has 2 rings (SSSR count). The zero-order chi connectivity index (χ0) is 14.6. The summed E-state index contributed by atoms with van der Waals surface area (Å²) >= 11 is 1.86. The normalized spacial score (nSPS) is 27.6. The summed E-state index contributed by atoms with van der Waals surface area (Å²) in [5, 5.41) is 0. The molecule has 0 spiro atoms. The van der Waals surface area contributed by atoms with Crippen molar-refractivity contribution in [3.63, 3.8) is 0 Å². The molecule has 118 valence electrons. The zero-order valence-corrected chi connectivity index (χ0v) is 14.0. The molecule has 0 N–H and O–H groups in total. The second-order valence-electron chi connectivity index (χ2n) is 5.40. The summed E-state index contributed by atoms with van der Waals surface area (Å²) in [5.41, 5.74) is 0. The molecule has 8 heteroatoms. The Hall–Kier alpha value is 0.140. The van der Waals surface area contributed by atoms with Crippen molar-refractivity contribution in [1.29, 1.82) is 0 Å². The van der Waals surface area contributed by atoms with E-state index >= 15 is 0 Å². The van der Waals surface area contributed by atoms with Crippen LogP contribution >= 0.6 is 11.8 Å². The van der Waals surface area contributed by atoms with Crippen molar-refractivity contribution >= 4 is 22.0 Å². The molecule has 0 radical (unpaired) electrons. The molecule has 2 aliphatic heterocycles. The van der Waals surface area contributed by atoms with E-state index in [1.807, 2.05) is 11.8 Å². The molecule has 0 bridgehead atoms. The van der Waals surface area contributed by atoms with Gasteiger partial charge in [-0.3, -0.25) is 4.90 Å². The third kappa shape index (κ3) is 4.08. The van der Waals surface area contributed by atoms with Crippen molar-refractivity contribution < 1.29 is 13.2 Å². The third-order valence-corrected chi connectivity index (χ3v) is 6.91. The minimum Gasteiger partial charge on any atom is -0.379 e. The van der Waals surface area contributed by atoms with Gasteiger partial charge in [0.25, 0.3) is 10.2 Å². The lowest BCUT2D eigenvalue weighted by Crippen LogP contribution is -2.52. The first-order valence-corrected chi connectivity index (χ1v) is 9.64. The van der Waals surface area contributed by atoms with Gasteiger partial charge in [-0.2, -0.15) is 28.8 Å². The smallest absolute Gasteiger partial charge is 0.281 e. The van der Waals surface area contributed by atoms with Crippen molar-refractivity contribution in [2.45, 2.75) is 12.5 Å². The van der Waals surface area contributed by atoms with Crippen LogP contribution in [0.15, 0.2) is 0 Å². The topological polar surface area (TPSA) is 53.1 Å². The number of thioether (sulfide) groups is 1. The van der Waals surface area contributed by atoms with Gasteiger partial charge in [0.2, 0.25) is 0 Å². The summed E-state index contributed by atoms with van der Waals surface area (Å²) in [5.74, 6) is 1.92. The van der Waals surface area contributed by atoms with Crippen LogP contribution in [0.1, 0.15) is 6.42 Å². The highest BCUT2D eigenvalue weighted by atomic mass is 32.2. The van der Waals surface area contributed by atoms with Crippen LogP contribution in [-0.2, 0) is 14.9 Å². The van der Waals surface area contributed by atoms with Gasteiger partial charge in [0.15, 0.2) is 0 Å². The maximum absolute atomic E-state index is 12.5. The van der Waals surface area contributed by atoms with Crippen molar-refractivity contribution in [2.24, 2.45) is 0 Å². The summed E-state index contributed by atoms with van der Waals surface area (Å²) in [6.45, 7) is 4.74. The SMILES string of the molecule is CN(C)S(=O)(=O)N1CCCSC[C@H]1CN1CCOCC1. The van der Waals surface area contributed by atoms with Gasteiger partial charge in [-0.1, -0.05) is 0 Å². The molecule has 0 aromatic heterocycles. The Morgan fingerprint density at radius 1 is 1.25 bits per heavy atom. The van der Waals surface area contributed by atoms with Gasteiger partial charge in [-0.25, -0.2) is 0 Å². The fraction of sp³-hybridized carbons (Fsp3) is 1.00. The standard InChI is InChI=1S/C12H25N3O3S2/c1-13(2)20(16,17)15-4-3-9-19-11-12(15)10-14-5-7-18-8-6-14/h12H,3-11H2,1-2H3/t12-/m1/s1. The van der Waals surface area contributed by atoms with Crippen LogP contribution in [0.25, 0.3) is 0 Å². The summed E-state index contributed by atoms with van der Waals surface area (Å²) in [4.78, 5) is 2.32. The van der Waals surface area contributed by atoms with E-state index < -0.39 is 10.2 Å². The van der Waals surface area contributed by atoms with Crippen LogP contribution in [0.2, 0.25) is 0 Å². The number of morpholine rings is 1. The van der Waals surface area contributed by atoms with Gasteiger partial charge in [-0.05, 0) is 12.2 Å². The summed E-state index contributed by atoms with van der Waals surface area (Å²) in [6.07, 6.45) is 0.928. The molecule has 0 aromatic rings. The Labute approximate surface area is 126 Å². The number of rotatable bonds is 4. The molecule has 0 saturated carbocycles. The molecular weight excluding hydrogens is 298 g/mol. The van der Waals surface area contributed by atoms with Gasteiger partial charge in [0.05, 0.1) is 13.2 Å². The van der Waals surface area contributed by atoms with E-state index in [2.05, 4.69) is 4.90 Å². The second kappa shape index (κ2) is 7.42. The van der Waals surface area contributed by atoms with Gasteiger partial charge in [0.1, 0.15) is 0 Å². The molecule has 2 fully saturated rings. The predicted octanol–water partition coefficient (Wildman–Crippen LogP) is -0.0675. The maximum atomic E-state index is 12.5. The molecule has 0 unspecified atom stereocenters. The third-order valence-electron chi connectivity index (χ3n) is 3.72. The number of hydrogen-bond acceptors (Lipinski definition) is 5. The Morgan fingerprint density at radius 2 is 1.95 bits per heavy atom. The van der Waals surface area contributed by atoms with Crippen LogP contribution in [0, 0.1) is 0 Å². The first-order valence-electron chi connectivity index (χ1n) is 7.09. The lowest BCUT2D eigenvalue weighted by molar-refractivity contribution is 0.0307. The van der Waals surface area contributed by atoms with Crippen LogP contribution in [0.3, 0.4) is 0 Å². The molecular formula is C12H25N3O3S2. The summed E-state index contributed by atoms with van der Waals surface area (Å²) in [7, 11) is -0.107. The quantitative estimate of drug-likeness (QED) is 0.725. The molecule has 0 aromatic carbocycles. The van der Waals surface area contributed by atoms with E-state index in [1.54, 1.807) is 18.4 Å². The Bertz CT molecular complexity index is 397. The van der Waals surface area contributed by atoms with Gasteiger partial charge in [0, 0.05) is 52.1 Å². The van der Waals surface area contributed by atoms with E-state index in [9.17, 15) is 8.42 Å². The lowest BCUT2D eigenvalue weighted by atomic mass is 10.2. The van der Waals surface area contributed by atoms with E-state index in [-0.39, 0.29) is 6.04 Å². The molecule has 0 aliphatic carbocycles. The second-order valence-corrected chi connectivity index (χ2v) is 8.64. The van der Waals surface area contributed by atoms with Crippen LogP contribution in [-0.4, -0.2) is 93.0 Å². The number of nitrogens with zero attached hydrogens (tertiary/aromatic N) is 3. The van der Waals surface area contributed by atoms with E-state index in [4.69, 9.17) is 4.74 Å². The first kappa shape index (κ1) is 16.5. The number of ether oxygens (including phenoxy) is 1. The molecule has 20 heavy (non-hydrogen) atoms. The Kier molecular flexibility index (Phi) is 6.12. The fourth-order valence-corrected chi connectivity index (χ4v) is 5.00. The van der Waals surface area contributed by atoms with Gasteiger partial charge in [-0.15, -0.1) is 0 Å². The average molecular weight is 323 g/mol. The molecule has 6 nitrogen and oxygen atoms in total. The monoisotopic (exact) mass is 323 g/mol. The average Bonchev–Trinajstić information content (AvgIpc) is 2.65. The number of hydrogen-bond donors (Lipinski definition) is 0.